The zero-order valence-electron chi connectivity index (χ0n) is 18.2. The number of nitrogens with one attached hydrogen (secondary N) is 3. The van der Waals surface area contributed by atoms with Crippen molar-refractivity contribution in [2.75, 3.05) is 6.54 Å². The van der Waals surface area contributed by atoms with Gasteiger partial charge in [-0.3, -0.25) is 14.4 Å². The number of carbonyl (C=O) groups excluding carboxylic acids is 2. The molecule has 0 bridgehead atoms. The first-order valence-electron chi connectivity index (χ1n) is 10.4. The maximum Gasteiger partial charge on any atom is 0.308 e. The Hall–Kier alpha value is -3.79. The standard InChI is InChI=1S/C23H23ClFN5O4/c1-13(31)26-11-16(23(33)34)9-18(28-22(32)21-12-27-30-29-21)8-14-2-4-15(5-3-14)19-10-17(24)6-7-20(19)25/h2-7,10,12,16,18H,8-9,11H2,1H3,(H,26,31)(H,28,32)(H,33,34)(H,27,29,30)/t16-,18+/m0/s1. The van der Waals surface area contributed by atoms with Gasteiger partial charge in [-0.25, -0.2) is 4.39 Å². The lowest BCUT2D eigenvalue weighted by atomic mass is 9.93. The molecule has 3 aromatic rings. The van der Waals surface area contributed by atoms with E-state index in [0.717, 1.165) is 5.56 Å². The fourth-order valence-electron chi connectivity index (χ4n) is 3.47. The number of halogens is 2. The number of nitrogens with zero attached hydrogens (tertiary/aromatic N) is 2. The van der Waals surface area contributed by atoms with Crippen LogP contribution in [0.25, 0.3) is 11.1 Å². The van der Waals surface area contributed by atoms with Crippen molar-refractivity contribution in [1.29, 1.82) is 0 Å². The van der Waals surface area contributed by atoms with Crippen molar-refractivity contribution >= 4 is 29.4 Å². The molecule has 2 aromatic carbocycles. The molecule has 2 amide bonds. The summed E-state index contributed by atoms with van der Waals surface area (Å²) in [5.74, 6) is -3.29. The van der Waals surface area contributed by atoms with Gasteiger partial charge in [0.25, 0.3) is 5.91 Å². The van der Waals surface area contributed by atoms with Crippen molar-refractivity contribution in [1.82, 2.24) is 26.0 Å². The van der Waals surface area contributed by atoms with Crippen LogP contribution in [0, 0.1) is 11.7 Å². The van der Waals surface area contributed by atoms with Crippen molar-refractivity contribution in [3.05, 3.63) is 70.8 Å². The second-order valence-electron chi connectivity index (χ2n) is 7.76. The smallest absolute Gasteiger partial charge is 0.308 e. The normalized spacial score (nSPS) is 12.6. The van der Waals surface area contributed by atoms with Crippen molar-refractivity contribution in [3.63, 3.8) is 0 Å². The van der Waals surface area contributed by atoms with Gasteiger partial charge in [0.05, 0.1) is 12.1 Å². The lowest BCUT2D eigenvalue weighted by Crippen LogP contribution is -2.42. The molecular formula is C23H23ClFN5O4. The number of aromatic amines is 1. The van der Waals surface area contributed by atoms with Gasteiger partial charge in [0.2, 0.25) is 5.91 Å². The molecule has 178 valence electrons. The van der Waals surface area contributed by atoms with E-state index in [0.29, 0.717) is 22.6 Å². The zero-order valence-corrected chi connectivity index (χ0v) is 19.0. The number of aliphatic carboxylic acids is 1. The quantitative estimate of drug-likeness (QED) is 0.347. The van der Waals surface area contributed by atoms with E-state index in [1.54, 1.807) is 24.3 Å². The van der Waals surface area contributed by atoms with Crippen LogP contribution in [0.5, 0.6) is 0 Å². The maximum absolute atomic E-state index is 14.2. The van der Waals surface area contributed by atoms with Gasteiger partial charge in [-0.2, -0.15) is 15.4 Å². The van der Waals surface area contributed by atoms with Crippen LogP contribution in [0.2, 0.25) is 5.02 Å². The van der Waals surface area contributed by atoms with Gasteiger partial charge in [0.15, 0.2) is 5.69 Å². The topological polar surface area (TPSA) is 137 Å². The number of carbonyl (C=O) groups is 3. The van der Waals surface area contributed by atoms with Crippen molar-refractivity contribution < 1.29 is 23.9 Å². The van der Waals surface area contributed by atoms with Gasteiger partial charge >= 0.3 is 5.97 Å². The third kappa shape index (κ3) is 6.85. The molecular weight excluding hydrogens is 465 g/mol. The van der Waals surface area contributed by atoms with Crippen LogP contribution in [0.4, 0.5) is 4.39 Å². The van der Waals surface area contributed by atoms with Crippen molar-refractivity contribution in [3.8, 4) is 11.1 Å². The van der Waals surface area contributed by atoms with Gasteiger partial charge in [-0.15, -0.1) is 0 Å². The van der Waals surface area contributed by atoms with Crippen molar-refractivity contribution in [2.45, 2.75) is 25.8 Å². The Morgan fingerprint density at radius 3 is 2.53 bits per heavy atom. The van der Waals surface area contributed by atoms with Gasteiger partial charge in [-0.05, 0) is 42.2 Å². The monoisotopic (exact) mass is 487 g/mol. The summed E-state index contributed by atoms with van der Waals surface area (Å²) in [7, 11) is 0. The van der Waals surface area contributed by atoms with Gasteiger partial charge in [0, 0.05) is 30.1 Å². The van der Waals surface area contributed by atoms with Gasteiger partial charge in [-0.1, -0.05) is 35.9 Å². The van der Waals surface area contributed by atoms with Crippen LogP contribution in [-0.2, 0) is 16.0 Å². The van der Waals surface area contributed by atoms with E-state index in [9.17, 15) is 23.9 Å². The molecule has 9 nitrogen and oxygen atoms in total. The largest absolute Gasteiger partial charge is 0.481 e. The first-order chi connectivity index (χ1) is 16.2. The van der Waals surface area contributed by atoms with Crippen LogP contribution in [0.1, 0.15) is 29.4 Å². The van der Waals surface area contributed by atoms with Crippen LogP contribution < -0.4 is 10.6 Å². The molecule has 0 aliphatic carbocycles. The highest BCUT2D eigenvalue weighted by Gasteiger charge is 2.25. The van der Waals surface area contributed by atoms with E-state index in [-0.39, 0.29) is 24.6 Å². The van der Waals surface area contributed by atoms with Crippen molar-refractivity contribution in [2.24, 2.45) is 5.92 Å². The number of hydrogen-bond donors (Lipinski definition) is 4. The number of benzene rings is 2. The summed E-state index contributed by atoms with van der Waals surface area (Å²) in [6.45, 7) is 1.22. The predicted molar refractivity (Wildman–Crippen MR) is 123 cm³/mol. The molecule has 1 aromatic heterocycles. The summed E-state index contributed by atoms with van der Waals surface area (Å²) < 4.78 is 14.2. The third-order valence-electron chi connectivity index (χ3n) is 5.17. The maximum atomic E-state index is 14.2. The van der Waals surface area contributed by atoms with Crippen LogP contribution in [-0.4, -0.2) is 50.9 Å². The minimum absolute atomic E-state index is 0.0594. The highest BCUT2D eigenvalue weighted by atomic mass is 35.5. The number of amides is 2. The Bertz CT molecular complexity index is 1150. The van der Waals surface area contributed by atoms with E-state index in [1.807, 2.05) is 0 Å². The molecule has 0 saturated carbocycles. The summed E-state index contributed by atoms with van der Waals surface area (Å²) in [6.07, 6.45) is 1.61. The molecule has 0 aliphatic heterocycles. The second-order valence-corrected chi connectivity index (χ2v) is 8.20. The Morgan fingerprint density at radius 2 is 1.91 bits per heavy atom. The molecule has 3 rings (SSSR count). The molecule has 34 heavy (non-hydrogen) atoms. The third-order valence-corrected chi connectivity index (χ3v) is 5.41. The number of rotatable bonds is 10. The molecule has 4 N–H and O–H groups in total. The van der Waals surface area contributed by atoms with Gasteiger partial charge in [0.1, 0.15) is 5.82 Å². The van der Waals surface area contributed by atoms with Crippen LogP contribution in [0.3, 0.4) is 0 Å². The zero-order chi connectivity index (χ0) is 24.7. The average Bonchev–Trinajstić information content (AvgIpc) is 3.33. The molecule has 0 radical (unpaired) electrons. The first kappa shape index (κ1) is 24.8. The number of carboxylic acid groups (broad SMARTS) is 1. The molecule has 0 unspecified atom stereocenters. The summed E-state index contributed by atoms with van der Waals surface area (Å²) in [5.41, 5.74) is 1.84. The fraction of sp³-hybridized carbons (Fsp3) is 0.261. The predicted octanol–water partition coefficient (Wildman–Crippen LogP) is 2.83. The summed E-state index contributed by atoms with van der Waals surface area (Å²) in [6, 6.07) is 10.7. The molecule has 0 saturated heterocycles. The lowest BCUT2D eigenvalue weighted by Gasteiger charge is -2.22. The molecule has 2 atom stereocenters. The minimum Gasteiger partial charge on any atom is -0.481 e. The summed E-state index contributed by atoms with van der Waals surface area (Å²) >= 11 is 5.98. The molecule has 0 spiro atoms. The average molecular weight is 488 g/mol. The van der Waals surface area contributed by atoms with E-state index in [4.69, 9.17) is 11.6 Å². The van der Waals surface area contributed by atoms with Crippen LogP contribution in [0.15, 0.2) is 48.7 Å². The molecule has 0 fully saturated rings. The lowest BCUT2D eigenvalue weighted by molar-refractivity contribution is -0.142. The fourth-order valence-corrected chi connectivity index (χ4v) is 3.64. The number of aromatic nitrogens is 3. The summed E-state index contributed by atoms with van der Waals surface area (Å²) in [4.78, 5) is 35.5. The second kappa shape index (κ2) is 11.4. The molecule has 1 heterocycles. The Labute approximate surface area is 199 Å². The van der Waals surface area contributed by atoms with Gasteiger partial charge < -0.3 is 15.7 Å². The molecule has 0 aliphatic rings. The number of carboxylic acids is 1. The summed E-state index contributed by atoms with van der Waals surface area (Å²) in [5, 5.41) is 25.0. The van der Waals surface area contributed by atoms with E-state index < -0.39 is 29.7 Å². The first-order valence-corrected chi connectivity index (χ1v) is 10.8. The van der Waals surface area contributed by atoms with E-state index in [1.165, 1.54) is 31.3 Å². The highest BCUT2D eigenvalue weighted by Crippen LogP contribution is 2.26. The van der Waals surface area contributed by atoms with E-state index in [2.05, 4.69) is 26.0 Å². The highest BCUT2D eigenvalue weighted by molar-refractivity contribution is 6.30. The van der Waals surface area contributed by atoms with Crippen LogP contribution >= 0.6 is 11.6 Å². The Kier molecular flexibility index (Phi) is 8.31. The molecule has 11 heteroatoms. The number of H-pyrrole nitrogens is 1. The number of hydrogen-bond acceptors (Lipinski definition) is 5. The SMILES string of the molecule is CC(=O)NC[C@H](C[C@@H](Cc1ccc(-c2cc(Cl)ccc2F)cc1)NC(=O)c1cn[nH]n1)C(=O)O. The Balaban J connectivity index is 1.79. The Morgan fingerprint density at radius 1 is 1.18 bits per heavy atom. The minimum atomic E-state index is -1.10. The van der Waals surface area contributed by atoms with E-state index >= 15 is 0 Å².